The highest BCUT2D eigenvalue weighted by atomic mass is 35.5. The van der Waals surface area contributed by atoms with Gasteiger partial charge in [0.2, 0.25) is 5.91 Å². The minimum atomic E-state index is -0.215. The molecule has 2 aliphatic rings. The maximum atomic E-state index is 13.1. The van der Waals surface area contributed by atoms with Crippen LogP contribution in [0.25, 0.3) is 0 Å². The third-order valence-corrected chi connectivity index (χ3v) is 5.99. The zero-order valence-electron chi connectivity index (χ0n) is 15.8. The van der Waals surface area contributed by atoms with Crippen LogP contribution < -0.4 is 11.1 Å². The summed E-state index contributed by atoms with van der Waals surface area (Å²) in [5.74, 6) is 1.25. The lowest BCUT2D eigenvalue weighted by atomic mass is 9.67. The van der Waals surface area contributed by atoms with Crippen LogP contribution in [0.1, 0.15) is 50.6 Å². The molecule has 0 saturated heterocycles. The van der Waals surface area contributed by atoms with Crippen LogP contribution in [0, 0.1) is 11.8 Å². The second-order valence-electron chi connectivity index (χ2n) is 7.60. The van der Waals surface area contributed by atoms with E-state index in [4.69, 9.17) is 5.73 Å². The SMILES string of the molecule is CCN(C)C(C(=O)NC1C2CCCC1CC(N)C2)c1ccccc1.Cl.Cl. The molecule has 3 N–H and O–H groups in total. The van der Waals surface area contributed by atoms with E-state index in [0.29, 0.717) is 23.9 Å². The molecule has 1 aromatic rings. The summed E-state index contributed by atoms with van der Waals surface area (Å²) >= 11 is 0. The Morgan fingerprint density at radius 3 is 2.31 bits per heavy atom. The topological polar surface area (TPSA) is 58.4 Å². The molecule has 4 nitrogen and oxygen atoms in total. The maximum absolute atomic E-state index is 13.1. The van der Waals surface area contributed by atoms with E-state index in [1.807, 2.05) is 37.4 Å². The van der Waals surface area contributed by atoms with Gasteiger partial charge in [0.05, 0.1) is 0 Å². The van der Waals surface area contributed by atoms with E-state index in [2.05, 4.69) is 17.1 Å². The second-order valence-corrected chi connectivity index (χ2v) is 7.60. The molecule has 0 heterocycles. The number of likely N-dealkylation sites (N-methyl/N-ethyl adjacent to an activating group) is 1. The number of nitrogens with one attached hydrogen (secondary N) is 1. The molecule has 6 heteroatoms. The summed E-state index contributed by atoms with van der Waals surface area (Å²) in [6.45, 7) is 2.94. The molecule has 3 atom stereocenters. The van der Waals surface area contributed by atoms with Crippen molar-refractivity contribution < 1.29 is 4.79 Å². The average molecular weight is 402 g/mol. The highest BCUT2D eigenvalue weighted by Gasteiger charge is 2.41. The van der Waals surface area contributed by atoms with Crippen molar-refractivity contribution in [2.45, 2.75) is 57.2 Å². The Morgan fingerprint density at radius 1 is 1.19 bits per heavy atom. The predicted octanol–water partition coefficient (Wildman–Crippen LogP) is 3.55. The molecule has 2 bridgehead atoms. The van der Waals surface area contributed by atoms with Crippen LogP contribution in [-0.4, -0.2) is 36.5 Å². The normalized spacial score (nSPS) is 28.5. The predicted molar refractivity (Wildman–Crippen MR) is 112 cm³/mol. The van der Waals surface area contributed by atoms with E-state index in [9.17, 15) is 4.79 Å². The third kappa shape index (κ3) is 5.13. The maximum Gasteiger partial charge on any atom is 0.242 e. The number of nitrogens with two attached hydrogens (primary N) is 1. The molecule has 1 aromatic carbocycles. The Bertz CT molecular complexity index is 543. The molecule has 0 aromatic heterocycles. The van der Waals surface area contributed by atoms with E-state index in [0.717, 1.165) is 24.9 Å². The van der Waals surface area contributed by atoms with Gasteiger partial charge >= 0.3 is 0 Å². The molecule has 2 aliphatic carbocycles. The van der Waals surface area contributed by atoms with Crippen LogP contribution in [0.4, 0.5) is 0 Å². The first-order valence-corrected chi connectivity index (χ1v) is 9.41. The van der Waals surface area contributed by atoms with Crippen LogP contribution in [0.3, 0.4) is 0 Å². The number of hydrogen-bond acceptors (Lipinski definition) is 3. The number of fused-ring (bicyclic) bond motifs is 2. The average Bonchev–Trinajstić information content (AvgIpc) is 2.56. The van der Waals surface area contributed by atoms with Crippen molar-refractivity contribution in [3.63, 3.8) is 0 Å². The monoisotopic (exact) mass is 401 g/mol. The minimum absolute atomic E-state index is 0. The Kier molecular flexibility index (Phi) is 9.39. The quantitative estimate of drug-likeness (QED) is 0.792. The number of nitrogens with zero attached hydrogens (tertiary/aromatic N) is 1. The van der Waals surface area contributed by atoms with Gasteiger partial charge in [-0.1, -0.05) is 43.7 Å². The number of hydrogen-bond donors (Lipinski definition) is 2. The zero-order valence-corrected chi connectivity index (χ0v) is 17.4. The Balaban J connectivity index is 0.00000169. The summed E-state index contributed by atoms with van der Waals surface area (Å²) in [4.78, 5) is 15.3. The molecule has 3 unspecified atom stereocenters. The van der Waals surface area contributed by atoms with E-state index in [1.54, 1.807) is 0 Å². The van der Waals surface area contributed by atoms with Crippen molar-refractivity contribution >= 4 is 30.7 Å². The van der Waals surface area contributed by atoms with Gasteiger partial charge in [0, 0.05) is 12.1 Å². The van der Waals surface area contributed by atoms with Gasteiger partial charge in [-0.05, 0) is 56.7 Å². The highest BCUT2D eigenvalue weighted by molar-refractivity contribution is 5.85. The number of rotatable bonds is 5. The molecule has 148 valence electrons. The zero-order chi connectivity index (χ0) is 17.1. The summed E-state index contributed by atoms with van der Waals surface area (Å²) < 4.78 is 0. The number of carbonyl (C=O) groups is 1. The molecular formula is C20H33Cl2N3O. The standard InChI is InChI=1S/C20H31N3O.2ClH/c1-3-23(2)19(14-8-5-4-6-9-14)20(24)22-18-15-10-7-11-16(18)13-17(21)12-15;;/h4-6,8-9,15-19H,3,7,10-13,21H2,1-2H3,(H,22,24);2*1H. The number of benzene rings is 1. The largest absolute Gasteiger partial charge is 0.351 e. The fourth-order valence-corrected chi connectivity index (χ4v) is 4.69. The fraction of sp³-hybridized carbons (Fsp3) is 0.650. The molecule has 0 spiro atoms. The highest BCUT2D eigenvalue weighted by Crippen LogP contribution is 2.40. The molecule has 3 rings (SSSR count). The number of carbonyl (C=O) groups excluding carboxylic acids is 1. The van der Waals surface area contributed by atoms with Gasteiger partial charge in [-0.15, -0.1) is 24.8 Å². The first-order valence-electron chi connectivity index (χ1n) is 9.41. The van der Waals surface area contributed by atoms with Gasteiger partial charge < -0.3 is 11.1 Å². The van der Waals surface area contributed by atoms with Gasteiger partial charge in [0.15, 0.2) is 0 Å². The molecule has 2 fully saturated rings. The first kappa shape index (κ1) is 23.2. The van der Waals surface area contributed by atoms with Crippen LogP contribution >= 0.6 is 24.8 Å². The van der Waals surface area contributed by atoms with Gasteiger partial charge in [-0.25, -0.2) is 0 Å². The van der Waals surface area contributed by atoms with Crippen molar-refractivity contribution in [1.29, 1.82) is 0 Å². The fourth-order valence-electron chi connectivity index (χ4n) is 4.69. The van der Waals surface area contributed by atoms with Crippen LogP contribution in [0.2, 0.25) is 0 Å². The van der Waals surface area contributed by atoms with Crippen LogP contribution in [0.15, 0.2) is 30.3 Å². The second kappa shape index (κ2) is 10.5. The van der Waals surface area contributed by atoms with Gasteiger partial charge in [0.25, 0.3) is 0 Å². The smallest absolute Gasteiger partial charge is 0.242 e. The van der Waals surface area contributed by atoms with Crippen molar-refractivity contribution in [3.05, 3.63) is 35.9 Å². The van der Waals surface area contributed by atoms with E-state index in [-0.39, 0.29) is 36.8 Å². The molecule has 0 radical (unpaired) electrons. The van der Waals surface area contributed by atoms with Crippen molar-refractivity contribution in [2.24, 2.45) is 17.6 Å². The summed E-state index contributed by atoms with van der Waals surface area (Å²) in [5, 5.41) is 3.42. The van der Waals surface area contributed by atoms with Gasteiger partial charge in [-0.2, -0.15) is 0 Å². The molecule has 2 saturated carbocycles. The van der Waals surface area contributed by atoms with Crippen molar-refractivity contribution in [3.8, 4) is 0 Å². The Labute approximate surface area is 170 Å². The molecule has 0 aliphatic heterocycles. The summed E-state index contributed by atoms with van der Waals surface area (Å²) in [5.41, 5.74) is 7.28. The molecule has 26 heavy (non-hydrogen) atoms. The lowest BCUT2D eigenvalue weighted by molar-refractivity contribution is -0.128. The number of halogens is 2. The van der Waals surface area contributed by atoms with Crippen molar-refractivity contribution in [1.82, 2.24) is 10.2 Å². The number of amides is 1. The summed E-state index contributed by atoms with van der Waals surface area (Å²) in [6, 6.07) is 10.5. The Morgan fingerprint density at radius 2 is 1.77 bits per heavy atom. The summed E-state index contributed by atoms with van der Waals surface area (Å²) in [6.07, 6.45) is 5.80. The molecule has 1 amide bonds. The lowest BCUT2D eigenvalue weighted by Gasteiger charge is -2.45. The lowest BCUT2D eigenvalue weighted by Crippen LogP contribution is -2.55. The van der Waals surface area contributed by atoms with Gasteiger partial charge in [0.1, 0.15) is 6.04 Å². The Hall–Kier alpha value is -0.810. The van der Waals surface area contributed by atoms with E-state index in [1.165, 1.54) is 19.3 Å². The van der Waals surface area contributed by atoms with Gasteiger partial charge in [-0.3, -0.25) is 9.69 Å². The van der Waals surface area contributed by atoms with Crippen LogP contribution in [0.5, 0.6) is 0 Å². The first-order chi connectivity index (χ1) is 11.6. The van der Waals surface area contributed by atoms with E-state index < -0.39 is 0 Å². The minimum Gasteiger partial charge on any atom is -0.351 e. The van der Waals surface area contributed by atoms with Crippen LogP contribution in [-0.2, 0) is 4.79 Å². The third-order valence-electron chi connectivity index (χ3n) is 5.99. The van der Waals surface area contributed by atoms with Crippen molar-refractivity contribution in [2.75, 3.05) is 13.6 Å². The van der Waals surface area contributed by atoms with E-state index >= 15 is 0 Å². The summed E-state index contributed by atoms with van der Waals surface area (Å²) in [7, 11) is 2.02. The molecular weight excluding hydrogens is 369 g/mol.